The number of aryl methyl sites for hydroxylation is 1. The zero-order valence-corrected chi connectivity index (χ0v) is 8.70. The summed E-state index contributed by atoms with van der Waals surface area (Å²) >= 11 is 0. The van der Waals surface area contributed by atoms with Gasteiger partial charge in [-0.2, -0.15) is 4.68 Å². The second-order valence-electron chi connectivity index (χ2n) is 3.46. The lowest BCUT2D eigenvalue weighted by Crippen LogP contribution is -2.03. The summed E-state index contributed by atoms with van der Waals surface area (Å²) in [6.45, 7) is 2.39. The molecule has 0 aromatic carbocycles. The lowest BCUT2D eigenvalue weighted by molar-refractivity contribution is -0.389. The number of pyridine rings is 1. The Morgan fingerprint density at radius 1 is 1.44 bits per heavy atom. The standard InChI is InChI=1S/C10H10N4O2/c1-8-2-3-9(11-6-8)7-13-5-4-10(12-13)14(15)16/h2-6H,7H2,1H3. The van der Waals surface area contributed by atoms with Crippen LogP contribution in [0.4, 0.5) is 5.82 Å². The third kappa shape index (κ3) is 2.22. The monoisotopic (exact) mass is 218 g/mol. The van der Waals surface area contributed by atoms with Crippen molar-refractivity contribution >= 4 is 5.82 Å². The van der Waals surface area contributed by atoms with Gasteiger partial charge in [-0.15, -0.1) is 0 Å². The van der Waals surface area contributed by atoms with Crippen molar-refractivity contribution in [3.8, 4) is 0 Å². The zero-order chi connectivity index (χ0) is 11.5. The van der Waals surface area contributed by atoms with Gasteiger partial charge in [-0.05, 0) is 23.5 Å². The predicted octanol–water partition coefficient (Wildman–Crippen LogP) is 1.54. The highest BCUT2D eigenvalue weighted by Gasteiger charge is 2.10. The molecule has 6 heteroatoms. The molecule has 0 saturated heterocycles. The summed E-state index contributed by atoms with van der Waals surface area (Å²) in [5.41, 5.74) is 1.90. The van der Waals surface area contributed by atoms with E-state index in [2.05, 4.69) is 10.1 Å². The minimum absolute atomic E-state index is 0.146. The Labute approximate surface area is 91.7 Å². The number of aromatic nitrogens is 3. The highest BCUT2D eigenvalue weighted by atomic mass is 16.6. The predicted molar refractivity (Wildman–Crippen MR) is 57.0 cm³/mol. The van der Waals surface area contributed by atoms with Crippen LogP contribution in [0.5, 0.6) is 0 Å². The summed E-state index contributed by atoms with van der Waals surface area (Å²) < 4.78 is 1.50. The molecule has 0 unspecified atom stereocenters. The maximum atomic E-state index is 10.4. The highest BCUT2D eigenvalue weighted by molar-refractivity contribution is 5.16. The molecule has 2 aromatic heterocycles. The summed E-state index contributed by atoms with van der Waals surface area (Å²) in [6.07, 6.45) is 3.33. The van der Waals surface area contributed by atoms with Crippen LogP contribution in [0.1, 0.15) is 11.3 Å². The Morgan fingerprint density at radius 3 is 2.81 bits per heavy atom. The summed E-state index contributed by atoms with van der Waals surface area (Å²) in [5, 5.41) is 14.2. The van der Waals surface area contributed by atoms with Gasteiger partial charge in [-0.3, -0.25) is 4.98 Å². The van der Waals surface area contributed by atoms with Crippen LogP contribution in [0.3, 0.4) is 0 Å². The van der Waals surface area contributed by atoms with E-state index in [-0.39, 0.29) is 5.82 Å². The van der Waals surface area contributed by atoms with E-state index in [4.69, 9.17) is 0 Å². The number of nitrogens with zero attached hydrogens (tertiary/aromatic N) is 4. The molecule has 0 radical (unpaired) electrons. The van der Waals surface area contributed by atoms with E-state index >= 15 is 0 Å². The first-order valence-corrected chi connectivity index (χ1v) is 4.74. The normalized spacial score (nSPS) is 10.3. The minimum atomic E-state index is -0.515. The number of rotatable bonds is 3. The van der Waals surface area contributed by atoms with Gasteiger partial charge in [-0.1, -0.05) is 6.07 Å². The third-order valence-electron chi connectivity index (χ3n) is 2.11. The van der Waals surface area contributed by atoms with Gasteiger partial charge in [0.25, 0.3) is 0 Å². The first-order valence-electron chi connectivity index (χ1n) is 4.74. The van der Waals surface area contributed by atoms with Gasteiger partial charge >= 0.3 is 5.82 Å². The number of nitro groups is 1. The molecule has 0 aliphatic carbocycles. The smallest absolute Gasteiger partial charge is 0.358 e. The molecule has 0 aliphatic rings. The van der Waals surface area contributed by atoms with Crippen molar-refractivity contribution in [3.63, 3.8) is 0 Å². The van der Waals surface area contributed by atoms with Crippen molar-refractivity contribution in [2.45, 2.75) is 13.5 Å². The van der Waals surface area contributed by atoms with Crippen LogP contribution in [0.15, 0.2) is 30.6 Å². The van der Waals surface area contributed by atoms with Gasteiger partial charge in [0.05, 0.1) is 23.1 Å². The fourth-order valence-electron chi connectivity index (χ4n) is 1.29. The molecule has 16 heavy (non-hydrogen) atoms. The second-order valence-corrected chi connectivity index (χ2v) is 3.46. The Morgan fingerprint density at radius 2 is 2.25 bits per heavy atom. The SMILES string of the molecule is Cc1ccc(Cn2ccc([N+](=O)[O-])n2)nc1. The molecule has 2 aromatic rings. The van der Waals surface area contributed by atoms with Gasteiger partial charge < -0.3 is 10.1 Å². The van der Waals surface area contributed by atoms with Gasteiger partial charge in [0.1, 0.15) is 6.54 Å². The lowest BCUT2D eigenvalue weighted by Gasteiger charge is -1.97. The highest BCUT2D eigenvalue weighted by Crippen LogP contribution is 2.07. The molecule has 0 saturated carbocycles. The van der Waals surface area contributed by atoms with Crippen molar-refractivity contribution < 1.29 is 4.92 Å². The van der Waals surface area contributed by atoms with Crippen LogP contribution in [0.25, 0.3) is 0 Å². The van der Waals surface area contributed by atoms with Crippen LogP contribution < -0.4 is 0 Å². The van der Waals surface area contributed by atoms with Crippen LogP contribution in [0.2, 0.25) is 0 Å². The van der Waals surface area contributed by atoms with E-state index < -0.39 is 4.92 Å². The van der Waals surface area contributed by atoms with E-state index in [0.29, 0.717) is 6.54 Å². The van der Waals surface area contributed by atoms with Crippen molar-refractivity contribution in [2.75, 3.05) is 0 Å². The minimum Gasteiger partial charge on any atom is -0.358 e. The van der Waals surface area contributed by atoms with Crippen molar-refractivity contribution in [2.24, 2.45) is 0 Å². The van der Waals surface area contributed by atoms with Gasteiger partial charge in [0.15, 0.2) is 0 Å². The van der Waals surface area contributed by atoms with Crippen molar-refractivity contribution in [1.29, 1.82) is 0 Å². The van der Waals surface area contributed by atoms with Gasteiger partial charge in [-0.25, -0.2) is 0 Å². The molecular weight excluding hydrogens is 208 g/mol. The van der Waals surface area contributed by atoms with Crippen LogP contribution in [-0.2, 0) is 6.54 Å². The maximum Gasteiger partial charge on any atom is 0.389 e. The molecule has 0 N–H and O–H groups in total. The van der Waals surface area contributed by atoms with E-state index in [0.717, 1.165) is 11.3 Å². The molecule has 2 rings (SSSR count). The molecule has 0 aliphatic heterocycles. The zero-order valence-electron chi connectivity index (χ0n) is 8.70. The first kappa shape index (κ1) is 10.3. The second kappa shape index (κ2) is 4.09. The topological polar surface area (TPSA) is 73.8 Å². The van der Waals surface area contributed by atoms with Crippen molar-refractivity contribution in [1.82, 2.24) is 14.8 Å². The molecule has 6 nitrogen and oxygen atoms in total. The molecule has 0 amide bonds. The summed E-state index contributed by atoms with van der Waals surface area (Å²) in [4.78, 5) is 14.1. The molecule has 0 fully saturated rings. The lowest BCUT2D eigenvalue weighted by atomic mass is 10.3. The Kier molecular flexibility index (Phi) is 2.63. The van der Waals surface area contributed by atoms with E-state index in [1.54, 1.807) is 12.4 Å². The fourth-order valence-corrected chi connectivity index (χ4v) is 1.29. The number of hydrogen-bond donors (Lipinski definition) is 0. The van der Waals surface area contributed by atoms with E-state index in [1.165, 1.54) is 10.7 Å². The Hall–Kier alpha value is -2.24. The maximum absolute atomic E-state index is 10.4. The fraction of sp³-hybridized carbons (Fsp3) is 0.200. The average Bonchev–Trinajstić information content (AvgIpc) is 2.70. The van der Waals surface area contributed by atoms with Crippen molar-refractivity contribution in [3.05, 3.63) is 52.0 Å². The van der Waals surface area contributed by atoms with Crippen LogP contribution in [-0.4, -0.2) is 19.7 Å². The molecule has 0 atom stereocenters. The molecule has 0 spiro atoms. The summed E-state index contributed by atoms with van der Waals surface area (Å²) in [7, 11) is 0. The molecule has 2 heterocycles. The first-order chi connectivity index (χ1) is 7.65. The summed E-state index contributed by atoms with van der Waals surface area (Å²) in [5.74, 6) is -0.146. The van der Waals surface area contributed by atoms with Gasteiger partial charge in [0, 0.05) is 6.20 Å². The Bertz CT molecular complexity index is 504. The van der Waals surface area contributed by atoms with Gasteiger partial charge in [0.2, 0.25) is 0 Å². The van der Waals surface area contributed by atoms with E-state index in [9.17, 15) is 10.1 Å². The average molecular weight is 218 g/mol. The molecular formula is C10H10N4O2. The molecule has 82 valence electrons. The van der Waals surface area contributed by atoms with Crippen LogP contribution >= 0.6 is 0 Å². The Balaban J connectivity index is 2.14. The third-order valence-corrected chi connectivity index (χ3v) is 2.11. The van der Waals surface area contributed by atoms with E-state index in [1.807, 2.05) is 19.1 Å². The quantitative estimate of drug-likeness (QED) is 0.578. The summed E-state index contributed by atoms with van der Waals surface area (Å²) in [6, 6.07) is 5.19. The largest absolute Gasteiger partial charge is 0.389 e. The van der Waals surface area contributed by atoms with Crippen LogP contribution in [0, 0.1) is 17.0 Å². The molecule has 0 bridgehead atoms. The number of hydrogen-bond acceptors (Lipinski definition) is 4.